The Morgan fingerprint density at radius 1 is 0.769 bits per heavy atom. The summed E-state index contributed by atoms with van der Waals surface area (Å²) < 4.78 is 0. The lowest BCUT2D eigenvalue weighted by Crippen LogP contribution is -2.45. The molecule has 39 heavy (non-hydrogen) atoms. The molecular formula is C26H24Cl4N4O5. The molecule has 2 saturated heterocycles. The maximum absolute atomic E-state index is 12.3. The fraction of sp³-hybridized carbons (Fsp3) is 0.346. The van der Waals surface area contributed by atoms with Crippen LogP contribution in [-0.2, 0) is 14.4 Å². The van der Waals surface area contributed by atoms with Crippen molar-refractivity contribution >= 4 is 87.6 Å². The third-order valence-electron chi connectivity index (χ3n) is 6.98. The number of piperidine rings is 1. The van der Waals surface area contributed by atoms with E-state index in [4.69, 9.17) is 46.4 Å². The molecule has 1 saturated carbocycles. The van der Waals surface area contributed by atoms with Crippen LogP contribution in [0.2, 0.25) is 20.1 Å². The van der Waals surface area contributed by atoms with Gasteiger partial charge in [-0.15, -0.1) is 0 Å². The molecular weight excluding hydrogens is 590 g/mol. The summed E-state index contributed by atoms with van der Waals surface area (Å²) in [6.45, 7) is 6.86. The summed E-state index contributed by atoms with van der Waals surface area (Å²) in [6, 6.07) is 7.62. The van der Waals surface area contributed by atoms with E-state index in [1.807, 2.05) is 13.8 Å². The molecule has 206 valence electrons. The van der Waals surface area contributed by atoms with E-state index in [-0.39, 0.29) is 30.1 Å². The summed E-state index contributed by atoms with van der Waals surface area (Å²) in [5, 5.41) is 3.98. The number of anilines is 2. The number of benzene rings is 2. The summed E-state index contributed by atoms with van der Waals surface area (Å²) in [6.07, 6.45) is 0.627. The Morgan fingerprint density at radius 3 is 1.59 bits per heavy atom. The van der Waals surface area contributed by atoms with Gasteiger partial charge in [0.25, 0.3) is 5.91 Å². The molecule has 0 aromatic heterocycles. The molecule has 3 aliphatic rings. The molecule has 2 aromatic rings. The SMILES string of the molecule is CC(C)NC(=O)N1CC(=O)N(c2cc(Cl)cc(Cl)c2)C1=O.CC12CC1(C)C(=O)N(c1cc(Cl)cc(Cl)c1)C2=O. The maximum atomic E-state index is 12.3. The van der Waals surface area contributed by atoms with Gasteiger partial charge in [-0.3, -0.25) is 14.4 Å². The summed E-state index contributed by atoms with van der Waals surface area (Å²) >= 11 is 23.5. The average Bonchev–Trinajstić information content (AvgIpc) is 3.20. The van der Waals surface area contributed by atoms with E-state index in [1.54, 1.807) is 32.0 Å². The Bertz CT molecular complexity index is 1370. The Hall–Kier alpha value is -2.85. The fourth-order valence-corrected chi connectivity index (χ4v) is 5.71. The van der Waals surface area contributed by atoms with Crippen molar-refractivity contribution < 1.29 is 24.0 Å². The first-order valence-electron chi connectivity index (χ1n) is 11.8. The van der Waals surface area contributed by atoms with Crippen molar-refractivity contribution in [2.75, 3.05) is 16.3 Å². The van der Waals surface area contributed by atoms with E-state index in [2.05, 4.69) is 5.32 Å². The van der Waals surface area contributed by atoms with Crippen LogP contribution >= 0.6 is 46.4 Å². The number of urea groups is 2. The smallest absolute Gasteiger partial charge is 0.335 e. The van der Waals surface area contributed by atoms with E-state index in [0.717, 1.165) is 9.80 Å². The zero-order chi connectivity index (χ0) is 29.0. The number of rotatable bonds is 3. The number of carbonyl (C=O) groups excluding carboxylic acids is 5. The van der Waals surface area contributed by atoms with Crippen LogP contribution in [0.25, 0.3) is 0 Å². The molecule has 2 heterocycles. The summed E-state index contributed by atoms with van der Waals surface area (Å²) in [5.74, 6) is -0.834. The van der Waals surface area contributed by atoms with Gasteiger partial charge in [0.2, 0.25) is 11.8 Å². The van der Waals surface area contributed by atoms with Gasteiger partial charge in [-0.1, -0.05) is 46.4 Å². The van der Waals surface area contributed by atoms with Crippen LogP contribution < -0.4 is 15.1 Å². The highest BCUT2D eigenvalue weighted by Crippen LogP contribution is 2.69. The molecule has 2 atom stereocenters. The highest BCUT2D eigenvalue weighted by molar-refractivity contribution is 6.37. The minimum absolute atomic E-state index is 0.143. The third-order valence-corrected chi connectivity index (χ3v) is 7.86. The third kappa shape index (κ3) is 5.20. The molecule has 1 N–H and O–H groups in total. The number of hydrogen-bond donors (Lipinski definition) is 1. The van der Waals surface area contributed by atoms with Crippen LogP contribution in [0, 0.1) is 10.8 Å². The highest BCUT2D eigenvalue weighted by Gasteiger charge is 2.77. The number of carbonyl (C=O) groups is 5. The first-order chi connectivity index (χ1) is 18.1. The highest BCUT2D eigenvalue weighted by atomic mass is 35.5. The van der Waals surface area contributed by atoms with Crippen LogP contribution in [0.4, 0.5) is 21.0 Å². The Morgan fingerprint density at radius 2 is 1.18 bits per heavy atom. The first kappa shape index (κ1) is 29.1. The van der Waals surface area contributed by atoms with Gasteiger partial charge in [0, 0.05) is 26.1 Å². The van der Waals surface area contributed by atoms with Crippen molar-refractivity contribution in [1.29, 1.82) is 0 Å². The van der Waals surface area contributed by atoms with Gasteiger partial charge >= 0.3 is 12.1 Å². The molecule has 13 heteroatoms. The lowest BCUT2D eigenvalue weighted by molar-refractivity contribution is -0.125. The predicted molar refractivity (Wildman–Crippen MR) is 150 cm³/mol. The first-order valence-corrected chi connectivity index (χ1v) is 13.4. The molecule has 2 aliphatic heterocycles. The summed E-state index contributed by atoms with van der Waals surface area (Å²) in [5.41, 5.74) is -0.419. The quantitative estimate of drug-likeness (QED) is 0.329. The Balaban J connectivity index is 0.000000183. The molecule has 0 spiro atoms. The van der Waals surface area contributed by atoms with Crippen LogP contribution in [0.3, 0.4) is 0 Å². The van der Waals surface area contributed by atoms with E-state index in [0.29, 0.717) is 32.2 Å². The number of hydrogen-bond acceptors (Lipinski definition) is 5. The van der Waals surface area contributed by atoms with Crippen molar-refractivity contribution in [2.45, 2.75) is 40.2 Å². The number of amides is 7. The van der Waals surface area contributed by atoms with Crippen molar-refractivity contribution in [2.24, 2.45) is 10.8 Å². The van der Waals surface area contributed by atoms with Gasteiger partial charge < -0.3 is 5.32 Å². The van der Waals surface area contributed by atoms with E-state index < -0.39 is 28.8 Å². The molecule has 0 radical (unpaired) electrons. The van der Waals surface area contributed by atoms with Crippen LogP contribution in [0.1, 0.15) is 34.1 Å². The second-order valence-corrected chi connectivity index (χ2v) is 12.0. The topological polar surface area (TPSA) is 107 Å². The number of imide groups is 3. The Kier molecular flexibility index (Phi) is 7.68. The molecule has 0 bridgehead atoms. The normalized spacial score (nSPS) is 23.8. The molecule has 5 rings (SSSR count). The standard InChI is InChI=1S/C13H13Cl2N3O3.C13H11Cl2NO2/c1-7(2)16-12(20)17-6-11(19)18(13(17)21)10-4-8(14)3-9(15)5-10;1-12-6-13(12,2)11(18)16(10(12)17)9-4-7(14)3-8(15)5-9/h3-5,7H,6H2,1-2H3,(H,16,20);3-5H,6H2,1-2H3. The molecule has 3 fully saturated rings. The van der Waals surface area contributed by atoms with Gasteiger partial charge in [-0.2, -0.15) is 0 Å². The van der Waals surface area contributed by atoms with Crippen molar-refractivity contribution in [3.63, 3.8) is 0 Å². The van der Waals surface area contributed by atoms with Crippen molar-refractivity contribution in [3.05, 3.63) is 56.5 Å². The second-order valence-electron chi connectivity index (χ2n) is 10.2. The monoisotopic (exact) mass is 612 g/mol. The maximum Gasteiger partial charge on any atom is 0.340 e. The molecule has 7 amide bonds. The lowest BCUT2D eigenvalue weighted by atomic mass is 10.00. The van der Waals surface area contributed by atoms with E-state index in [9.17, 15) is 24.0 Å². The number of fused-ring (bicyclic) bond motifs is 1. The minimum Gasteiger partial charge on any atom is -0.335 e. The molecule has 9 nitrogen and oxygen atoms in total. The van der Waals surface area contributed by atoms with Gasteiger partial charge in [0.15, 0.2) is 0 Å². The Labute approximate surface area is 244 Å². The van der Waals surface area contributed by atoms with Gasteiger partial charge in [-0.25, -0.2) is 24.3 Å². The largest absolute Gasteiger partial charge is 0.340 e. The molecule has 1 aliphatic carbocycles. The number of nitrogens with zero attached hydrogens (tertiary/aromatic N) is 3. The minimum atomic E-state index is -0.725. The molecule has 2 unspecified atom stereocenters. The van der Waals surface area contributed by atoms with Gasteiger partial charge in [0.1, 0.15) is 6.54 Å². The fourth-order valence-electron chi connectivity index (χ4n) is 4.68. The van der Waals surface area contributed by atoms with Crippen molar-refractivity contribution in [3.8, 4) is 0 Å². The lowest BCUT2D eigenvalue weighted by Gasteiger charge is -2.19. The second kappa shape index (κ2) is 10.3. The molecule has 2 aromatic carbocycles. The zero-order valence-electron chi connectivity index (χ0n) is 21.4. The zero-order valence-corrected chi connectivity index (χ0v) is 24.4. The van der Waals surface area contributed by atoms with E-state index in [1.165, 1.54) is 23.1 Å². The van der Waals surface area contributed by atoms with E-state index >= 15 is 0 Å². The van der Waals surface area contributed by atoms with Gasteiger partial charge in [-0.05, 0) is 70.5 Å². The number of nitrogens with one attached hydrogen (secondary N) is 1. The summed E-state index contributed by atoms with van der Waals surface area (Å²) in [7, 11) is 0. The van der Waals surface area contributed by atoms with Crippen LogP contribution in [-0.4, -0.2) is 47.3 Å². The van der Waals surface area contributed by atoms with Crippen LogP contribution in [0.15, 0.2) is 36.4 Å². The predicted octanol–water partition coefficient (Wildman–Crippen LogP) is 6.16. The van der Waals surface area contributed by atoms with Crippen LogP contribution in [0.5, 0.6) is 0 Å². The summed E-state index contributed by atoms with van der Waals surface area (Å²) in [4.78, 5) is 63.7. The van der Waals surface area contributed by atoms with Gasteiger partial charge in [0.05, 0.1) is 22.2 Å². The number of halogens is 4. The average molecular weight is 614 g/mol. The van der Waals surface area contributed by atoms with Crippen molar-refractivity contribution in [1.82, 2.24) is 10.2 Å².